The molecule has 2 aromatic carbocycles. The van der Waals surface area contributed by atoms with Gasteiger partial charge in [0.2, 0.25) is 0 Å². The van der Waals surface area contributed by atoms with Crippen LogP contribution in [0.25, 0.3) is 0 Å². The fraction of sp³-hybridized carbons (Fsp3) is 0.333. The van der Waals surface area contributed by atoms with Crippen molar-refractivity contribution in [2.75, 3.05) is 32.8 Å². The lowest BCUT2D eigenvalue weighted by molar-refractivity contribution is 0.200. The maximum absolute atomic E-state index is 6.28. The third kappa shape index (κ3) is 5.16. The fourth-order valence-corrected chi connectivity index (χ4v) is 5.01. The Labute approximate surface area is 187 Å². The highest BCUT2D eigenvalue weighted by atomic mass is 35.5. The Balaban J connectivity index is 1.62. The van der Waals surface area contributed by atoms with Crippen LogP contribution >= 0.6 is 22.9 Å². The summed E-state index contributed by atoms with van der Waals surface area (Å²) in [6, 6.07) is 20.8. The van der Waals surface area contributed by atoms with Crippen molar-refractivity contribution in [3.05, 3.63) is 81.0 Å². The summed E-state index contributed by atoms with van der Waals surface area (Å²) in [4.78, 5) is 3.76. The van der Waals surface area contributed by atoms with Crippen molar-refractivity contribution in [1.82, 2.24) is 10.2 Å². The molecule has 1 aliphatic rings. The van der Waals surface area contributed by atoms with Gasteiger partial charge in [0.05, 0.1) is 17.0 Å². The van der Waals surface area contributed by atoms with Gasteiger partial charge in [-0.05, 0) is 42.3 Å². The van der Waals surface area contributed by atoms with E-state index in [9.17, 15) is 0 Å². The van der Waals surface area contributed by atoms with Crippen molar-refractivity contribution in [2.45, 2.75) is 19.6 Å². The molecule has 0 aliphatic carbocycles. The molecular formula is C24H27ClN2O2S. The first-order valence-electron chi connectivity index (χ1n) is 10.4. The first-order chi connectivity index (χ1) is 14.7. The molecule has 1 N–H and O–H groups in total. The number of piperazine rings is 1. The van der Waals surface area contributed by atoms with Crippen LogP contribution in [-0.2, 0) is 6.61 Å². The number of nitrogens with zero attached hydrogens (tertiary/aromatic N) is 1. The zero-order valence-corrected chi connectivity index (χ0v) is 18.7. The van der Waals surface area contributed by atoms with Gasteiger partial charge in [0.15, 0.2) is 11.5 Å². The van der Waals surface area contributed by atoms with Crippen LogP contribution in [0, 0.1) is 0 Å². The number of nitrogens with one attached hydrogen (secondary N) is 1. The Morgan fingerprint density at radius 1 is 1.00 bits per heavy atom. The number of ether oxygens (including phenoxy) is 2. The van der Waals surface area contributed by atoms with Gasteiger partial charge in [-0.15, -0.1) is 11.3 Å². The zero-order valence-electron chi connectivity index (χ0n) is 17.1. The average Bonchev–Trinajstić information content (AvgIpc) is 3.21. The SMILES string of the molecule is CCOc1cc(C(c2ccc(Cl)s2)N2CCNCC2)ccc1OCc1ccccc1. The lowest BCUT2D eigenvalue weighted by Gasteiger charge is -2.35. The Hall–Kier alpha value is -2.05. The summed E-state index contributed by atoms with van der Waals surface area (Å²) in [5, 5.41) is 3.44. The molecule has 2 heterocycles. The second-order valence-electron chi connectivity index (χ2n) is 7.24. The lowest BCUT2D eigenvalue weighted by Crippen LogP contribution is -2.45. The van der Waals surface area contributed by atoms with Gasteiger partial charge in [0.1, 0.15) is 6.61 Å². The van der Waals surface area contributed by atoms with Gasteiger partial charge in [-0.3, -0.25) is 4.90 Å². The van der Waals surface area contributed by atoms with E-state index in [4.69, 9.17) is 21.1 Å². The normalized spacial score (nSPS) is 15.7. The van der Waals surface area contributed by atoms with E-state index in [1.807, 2.05) is 37.3 Å². The van der Waals surface area contributed by atoms with Gasteiger partial charge in [0.25, 0.3) is 0 Å². The predicted octanol–water partition coefficient (Wildman–Crippen LogP) is 5.37. The highest BCUT2D eigenvalue weighted by molar-refractivity contribution is 7.16. The number of thiophene rings is 1. The summed E-state index contributed by atoms with van der Waals surface area (Å²) in [5.74, 6) is 1.56. The molecule has 1 aromatic heterocycles. The van der Waals surface area contributed by atoms with Crippen LogP contribution < -0.4 is 14.8 Å². The van der Waals surface area contributed by atoms with E-state index < -0.39 is 0 Å². The quantitative estimate of drug-likeness (QED) is 0.508. The van der Waals surface area contributed by atoms with Crippen LogP contribution in [0.1, 0.15) is 29.0 Å². The number of halogens is 1. The molecule has 0 bridgehead atoms. The molecule has 6 heteroatoms. The Morgan fingerprint density at radius 2 is 1.80 bits per heavy atom. The third-order valence-electron chi connectivity index (χ3n) is 5.20. The Kier molecular flexibility index (Phi) is 7.28. The molecule has 1 saturated heterocycles. The molecular weight excluding hydrogens is 416 g/mol. The summed E-state index contributed by atoms with van der Waals surface area (Å²) in [5.41, 5.74) is 2.34. The van der Waals surface area contributed by atoms with Gasteiger partial charge < -0.3 is 14.8 Å². The molecule has 0 radical (unpaired) electrons. The average molecular weight is 443 g/mol. The summed E-state index contributed by atoms with van der Waals surface area (Å²) in [6.07, 6.45) is 0. The van der Waals surface area contributed by atoms with Crippen molar-refractivity contribution >= 4 is 22.9 Å². The van der Waals surface area contributed by atoms with E-state index in [0.717, 1.165) is 47.6 Å². The molecule has 4 nitrogen and oxygen atoms in total. The Morgan fingerprint density at radius 3 is 2.50 bits per heavy atom. The first kappa shape index (κ1) is 21.2. The zero-order chi connectivity index (χ0) is 20.8. The highest BCUT2D eigenvalue weighted by Gasteiger charge is 2.26. The minimum absolute atomic E-state index is 0.159. The molecule has 0 amide bonds. The highest BCUT2D eigenvalue weighted by Crippen LogP contribution is 2.39. The van der Waals surface area contributed by atoms with E-state index >= 15 is 0 Å². The summed E-state index contributed by atoms with van der Waals surface area (Å²) < 4.78 is 12.9. The van der Waals surface area contributed by atoms with Gasteiger partial charge in [-0.1, -0.05) is 48.0 Å². The number of rotatable bonds is 8. The second-order valence-corrected chi connectivity index (χ2v) is 8.99. The van der Waals surface area contributed by atoms with Crippen LogP contribution in [0.3, 0.4) is 0 Å². The third-order valence-corrected chi connectivity index (χ3v) is 6.48. The standard InChI is InChI=1S/C24H27ClN2O2S/c1-2-28-21-16-19(8-9-20(21)29-17-18-6-4-3-5-7-18)24(22-10-11-23(25)30-22)27-14-12-26-13-15-27/h3-11,16,24,26H,2,12-15,17H2,1H3. The van der Waals surface area contributed by atoms with Crippen molar-refractivity contribution in [1.29, 1.82) is 0 Å². The molecule has 1 fully saturated rings. The Bertz CT molecular complexity index is 941. The monoisotopic (exact) mass is 442 g/mol. The van der Waals surface area contributed by atoms with Crippen LogP contribution in [0.5, 0.6) is 11.5 Å². The van der Waals surface area contributed by atoms with Crippen LogP contribution in [-0.4, -0.2) is 37.7 Å². The maximum atomic E-state index is 6.28. The van der Waals surface area contributed by atoms with Crippen LogP contribution in [0.2, 0.25) is 4.34 Å². The summed E-state index contributed by atoms with van der Waals surface area (Å²) >= 11 is 7.93. The number of benzene rings is 2. The molecule has 158 valence electrons. The molecule has 1 unspecified atom stereocenters. The van der Waals surface area contributed by atoms with Crippen molar-refractivity contribution < 1.29 is 9.47 Å². The molecule has 0 spiro atoms. The van der Waals surface area contributed by atoms with Crippen LogP contribution in [0.15, 0.2) is 60.7 Å². The van der Waals surface area contributed by atoms with Crippen molar-refractivity contribution in [3.8, 4) is 11.5 Å². The topological polar surface area (TPSA) is 33.7 Å². The van der Waals surface area contributed by atoms with Crippen molar-refractivity contribution in [3.63, 3.8) is 0 Å². The van der Waals surface area contributed by atoms with Gasteiger partial charge in [-0.2, -0.15) is 0 Å². The first-order valence-corrected chi connectivity index (χ1v) is 11.6. The molecule has 1 aliphatic heterocycles. The lowest BCUT2D eigenvalue weighted by atomic mass is 10.0. The summed E-state index contributed by atoms with van der Waals surface area (Å²) in [6.45, 7) is 7.09. The van der Waals surface area contributed by atoms with E-state index in [-0.39, 0.29) is 6.04 Å². The second kappa shape index (κ2) is 10.3. The molecule has 30 heavy (non-hydrogen) atoms. The van der Waals surface area contributed by atoms with Gasteiger partial charge in [0, 0.05) is 31.1 Å². The molecule has 3 aromatic rings. The number of hydrogen-bond donors (Lipinski definition) is 1. The van der Waals surface area contributed by atoms with E-state index in [0.29, 0.717) is 13.2 Å². The smallest absolute Gasteiger partial charge is 0.161 e. The summed E-state index contributed by atoms with van der Waals surface area (Å²) in [7, 11) is 0. The van der Waals surface area contributed by atoms with Crippen molar-refractivity contribution in [2.24, 2.45) is 0 Å². The van der Waals surface area contributed by atoms with Gasteiger partial charge >= 0.3 is 0 Å². The largest absolute Gasteiger partial charge is 0.490 e. The predicted molar refractivity (Wildman–Crippen MR) is 124 cm³/mol. The molecule has 1 atom stereocenters. The minimum Gasteiger partial charge on any atom is -0.490 e. The fourth-order valence-electron chi connectivity index (χ4n) is 3.79. The molecule has 4 rings (SSSR count). The van der Waals surface area contributed by atoms with E-state index in [1.54, 1.807) is 11.3 Å². The number of hydrogen-bond acceptors (Lipinski definition) is 5. The van der Waals surface area contributed by atoms with E-state index in [2.05, 4.69) is 40.5 Å². The van der Waals surface area contributed by atoms with E-state index in [1.165, 1.54) is 10.4 Å². The molecule has 0 saturated carbocycles. The van der Waals surface area contributed by atoms with Gasteiger partial charge in [-0.25, -0.2) is 0 Å². The maximum Gasteiger partial charge on any atom is 0.161 e. The van der Waals surface area contributed by atoms with Crippen LogP contribution in [0.4, 0.5) is 0 Å². The minimum atomic E-state index is 0.159.